The van der Waals surface area contributed by atoms with Crippen molar-refractivity contribution in [1.82, 2.24) is 0 Å². The molecule has 0 aliphatic heterocycles. The van der Waals surface area contributed by atoms with Gasteiger partial charge in [0.25, 0.3) is 0 Å². The van der Waals surface area contributed by atoms with Crippen LogP contribution < -0.4 is 10.5 Å². The second kappa shape index (κ2) is 7.20. The van der Waals surface area contributed by atoms with Crippen LogP contribution in [0.3, 0.4) is 0 Å². The van der Waals surface area contributed by atoms with Crippen molar-refractivity contribution in [1.29, 1.82) is 0 Å². The molecule has 1 atom stereocenters. The maximum Gasteiger partial charge on any atom is 0.124 e. The van der Waals surface area contributed by atoms with Gasteiger partial charge in [-0.2, -0.15) is 11.8 Å². The van der Waals surface area contributed by atoms with Gasteiger partial charge in [0.2, 0.25) is 0 Å². The lowest BCUT2D eigenvalue weighted by Gasteiger charge is -2.14. The molecule has 16 heavy (non-hydrogen) atoms. The Balaban J connectivity index is 2.64. The lowest BCUT2D eigenvalue weighted by molar-refractivity contribution is 0.314. The average Bonchev–Trinajstić information content (AvgIpc) is 2.26. The number of hydrogen-bond donors (Lipinski definition) is 1. The van der Waals surface area contributed by atoms with Gasteiger partial charge >= 0.3 is 0 Å². The Labute approximate surface area is 110 Å². The van der Waals surface area contributed by atoms with Gasteiger partial charge in [-0.05, 0) is 43.6 Å². The van der Waals surface area contributed by atoms with E-state index in [0.29, 0.717) is 0 Å². The van der Waals surface area contributed by atoms with Gasteiger partial charge < -0.3 is 10.5 Å². The Morgan fingerprint density at radius 2 is 2.25 bits per heavy atom. The van der Waals surface area contributed by atoms with Crippen molar-refractivity contribution in [3.05, 3.63) is 28.2 Å². The first-order chi connectivity index (χ1) is 7.65. The molecular weight excluding hydrogens is 286 g/mol. The van der Waals surface area contributed by atoms with Crippen molar-refractivity contribution < 1.29 is 4.74 Å². The van der Waals surface area contributed by atoms with Gasteiger partial charge in [-0.15, -0.1) is 0 Å². The summed E-state index contributed by atoms with van der Waals surface area (Å²) >= 11 is 5.28. The third-order valence-electron chi connectivity index (χ3n) is 2.21. The highest BCUT2D eigenvalue weighted by atomic mass is 79.9. The lowest BCUT2D eigenvalue weighted by Crippen LogP contribution is -2.09. The smallest absolute Gasteiger partial charge is 0.124 e. The molecule has 0 saturated heterocycles. The molecule has 2 N–H and O–H groups in total. The van der Waals surface area contributed by atoms with Crippen LogP contribution in [0.25, 0.3) is 0 Å². The van der Waals surface area contributed by atoms with Gasteiger partial charge in [-0.1, -0.05) is 15.9 Å². The standard InChI is InChI=1S/C12H18BrNOS/c1-9(14)11-8-10(13)4-5-12(11)15-6-3-7-16-2/h4-5,8-9H,3,6-7,14H2,1-2H3/t9-/m0/s1. The molecule has 0 bridgehead atoms. The molecule has 90 valence electrons. The van der Waals surface area contributed by atoms with Crippen LogP contribution in [0.2, 0.25) is 0 Å². The Hall–Kier alpha value is -0.190. The lowest BCUT2D eigenvalue weighted by atomic mass is 10.1. The minimum atomic E-state index is -0.00644. The predicted molar refractivity (Wildman–Crippen MR) is 75.2 cm³/mol. The van der Waals surface area contributed by atoms with Crippen molar-refractivity contribution in [2.24, 2.45) is 5.73 Å². The number of nitrogens with two attached hydrogens (primary N) is 1. The zero-order chi connectivity index (χ0) is 12.0. The first kappa shape index (κ1) is 13.9. The van der Waals surface area contributed by atoms with E-state index in [2.05, 4.69) is 22.2 Å². The summed E-state index contributed by atoms with van der Waals surface area (Å²) in [6.07, 6.45) is 3.17. The molecule has 4 heteroatoms. The second-order valence-corrected chi connectivity index (χ2v) is 5.57. The van der Waals surface area contributed by atoms with E-state index in [1.54, 1.807) is 0 Å². The van der Waals surface area contributed by atoms with E-state index in [0.717, 1.165) is 34.6 Å². The van der Waals surface area contributed by atoms with Crippen LogP contribution in [0.15, 0.2) is 22.7 Å². The van der Waals surface area contributed by atoms with E-state index in [-0.39, 0.29) is 6.04 Å². The topological polar surface area (TPSA) is 35.2 Å². The fourth-order valence-electron chi connectivity index (χ4n) is 1.39. The first-order valence-corrected chi connectivity index (χ1v) is 7.50. The van der Waals surface area contributed by atoms with Gasteiger partial charge in [0, 0.05) is 16.1 Å². The van der Waals surface area contributed by atoms with Crippen LogP contribution in [0, 0.1) is 0 Å². The SMILES string of the molecule is CSCCCOc1ccc(Br)cc1[C@H](C)N. The normalized spacial score (nSPS) is 12.5. The molecule has 0 unspecified atom stereocenters. The van der Waals surface area contributed by atoms with Gasteiger partial charge in [0.05, 0.1) is 6.61 Å². The molecule has 0 aliphatic carbocycles. The van der Waals surface area contributed by atoms with E-state index >= 15 is 0 Å². The largest absolute Gasteiger partial charge is 0.493 e. The van der Waals surface area contributed by atoms with Crippen molar-refractivity contribution in [3.63, 3.8) is 0 Å². The molecule has 0 heterocycles. The quantitative estimate of drug-likeness (QED) is 0.816. The molecule has 0 amide bonds. The highest BCUT2D eigenvalue weighted by Gasteiger charge is 2.08. The van der Waals surface area contributed by atoms with Crippen molar-refractivity contribution in [2.45, 2.75) is 19.4 Å². The van der Waals surface area contributed by atoms with Crippen LogP contribution in [-0.4, -0.2) is 18.6 Å². The molecule has 0 aliphatic rings. The number of rotatable bonds is 6. The van der Waals surface area contributed by atoms with E-state index in [9.17, 15) is 0 Å². The van der Waals surface area contributed by atoms with Gasteiger partial charge in [0.15, 0.2) is 0 Å². The molecule has 0 saturated carbocycles. The van der Waals surface area contributed by atoms with E-state index in [1.165, 1.54) is 0 Å². The number of halogens is 1. The Morgan fingerprint density at radius 1 is 1.50 bits per heavy atom. The molecule has 0 spiro atoms. The van der Waals surface area contributed by atoms with E-state index < -0.39 is 0 Å². The Kier molecular flexibility index (Phi) is 6.24. The minimum Gasteiger partial charge on any atom is -0.493 e. The average molecular weight is 304 g/mol. The second-order valence-electron chi connectivity index (χ2n) is 3.67. The molecular formula is C12H18BrNOS. The Bertz CT molecular complexity index is 331. The molecule has 0 aromatic heterocycles. The van der Waals surface area contributed by atoms with Gasteiger partial charge in [-0.3, -0.25) is 0 Å². The minimum absolute atomic E-state index is 0.00644. The van der Waals surface area contributed by atoms with Crippen LogP contribution in [-0.2, 0) is 0 Å². The van der Waals surface area contributed by atoms with E-state index in [4.69, 9.17) is 10.5 Å². The monoisotopic (exact) mass is 303 g/mol. The number of ether oxygens (including phenoxy) is 1. The number of thioether (sulfide) groups is 1. The van der Waals surface area contributed by atoms with Gasteiger partial charge in [-0.25, -0.2) is 0 Å². The van der Waals surface area contributed by atoms with Crippen LogP contribution in [0.4, 0.5) is 0 Å². The zero-order valence-corrected chi connectivity index (χ0v) is 12.1. The number of benzene rings is 1. The highest BCUT2D eigenvalue weighted by molar-refractivity contribution is 9.10. The Morgan fingerprint density at radius 3 is 2.88 bits per heavy atom. The summed E-state index contributed by atoms with van der Waals surface area (Å²) in [5.74, 6) is 2.03. The summed E-state index contributed by atoms with van der Waals surface area (Å²) in [6.45, 7) is 2.72. The van der Waals surface area contributed by atoms with Crippen molar-refractivity contribution in [2.75, 3.05) is 18.6 Å². The summed E-state index contributed by atoms with van der Waals surface area (Å²) in [5, 5.41) is 0. The third-order valence-corrected chi connectivity index (χ3v) is 3.40. The summed E-state index contributed by atoms with van der Waals surface area (Å²) in [6, 6.07) is 5.97. The summed E-state index contributed by atoms with van der Waals surface area (Å²) in [5.41, 5.74) is 6.96. The highest BCUT2D eigenvalue weighted by Crippen LogP contribution is 2.27. The molecule has 1 aromatic carbocycles. The predicted octanol–water partition coefficient (Wildman–Crippen LogP) is 3.60. The van der Waals surface area contributed by atoms with Crippen molar-refractivity contribution in [3.8, 4) is 5.75 Å². The van der Waals surface area contributed by atoms with E-state index in [1.807, 2.05) is 36.9 Å². The fraction of sp³-hybridized carbons (Fsp3) is 0.500. The first-order valence-electron chi connectivity index (χ1n) is 5.32. The maximum atomic E-state index is 5.91. The number of hydrogen-bond acceptors (Lipinski definition) is 3. The molecule has 1 rings (SSSR count). The van der Waals surface area contributed by atoms with Crippen molar-refractivity contribution >= 4 is 27.7 Å². The summed E-state index contributed by atoms with van der Waals surface area (Å²) in [4.78, 5) is 0. The van der Waals surface area contributed by atoms with Crippen LogP contribution in [0.1, 0.15) is 24.9 Å². The van der Waals surface area contributed by atoms with Crippen LogP contribution >= 0.6 is 27.7 Å². The zero-order valence-electron chi connectivity index (χ0n) is 9.70. The summed E-state index contributed by atoms with van der Waals surface area (Å²) < 4.78 is 6.78. The molecule has 0 radical (unpaired) electrons. The summed E-state index contributed by atoms with van der Waals surface area (Å²) in [7, 11) is 0. The molecule has 2 nitrogen and oxygen atoms in total. The third kappa shape index (κ3) is 4.36. The molecule has 1 aromatic rings. The van der Waals surface area contributed by atoms with Gasteiger partial charge in [0.1, 0.15) is 5.75 Å². The van der Waals surface area contributed by atoms with Crippen LogP contribution in [0.5, 0.6) is 5.75 Å². The fourth-order valence-corrected chi connectivity index (χ4v) is 2.18. The molecule has 0 fully saturated rings. The maximum absolute atomic E-state index is 5.91.